The molecular formula is C11H11NO3. The zero-order chi connectivity index (χ0) is 11.4. The molecule has 0 bridgehead atoms. The van der Waals surface area contributed by atoms with E-state index in [0.717, 1.165) is 4.90 Å². The van der Waals surface area contributed by atoms with Crippen molar-refractivity contribution in [1.82, 2.24) is 0 Å². The van der Waals surface area contributed by atoms with Gasteiger partial charge in [0.1, 0.15) is 0 Å². The number of imide groups is 1. The van der Waals surface area contributed by atoms with Crippen LogP contribution >= 0.6 is 0 Å². The molecule has 15 heavy (non-hydrogen) atoms. The summed E-state index contributed by atoms with van der Waals surface area (Å²) in [7, 11) is 0. The Morgan fingerprint density at radius 3 is 2.13 bits per heavy atom. The van der Waals surface area contributed by atoms with Gasteiger partial charge in [0, 0.05) is 19.4 Å². The fraction of sp³-hybridized carbons (Fsp3) is 0.182. The number of para-hydroxylation sites is 1. The van der Waals surface area contributed by atoms with Gasteiger partial charge in [0.05, 0.1) is 5.69 Å². The Bertz CT molecular complexity index is 398. The van der Waals surface area contributed by atoms with E-state index in [1.165, 1.54) is 13.8 Å². The molecule has 0 unspecified atom stereocenters. The maximum atomic E-state index is 11.2. The van der Waals surface area contributed by atoms with Crippen molar-refractivity contribution < 1.29 is 14.4 Å². The third kappa shape index (κ3) is 2.28. The van der Waals surface area contributed by atoms with Crippen LogP contribution < -0.4 is 4.90 Å². The summed E-state index contributed by atoms with van der Waals surface area (Å²) in [5.74, 6) is -0.811. The summed E-state index contributed by atoms with van der Waals surface area (Å²) in [6, 6.07) is 6.46. The molecule has 1 aromatic carbocycles. The van der Waals surface area contributed by atoms with Crippen LogP contribution in [0.15, 0.2) is 24.3 Å². The van der Waals surface area contributed by atoms with Crippen LogP contribution in [0.5, 0.6) is 0 Å². The number of carbonyl (C=O) groups excluding carboxylic acids is 3. The van der Waals surface area contributed by atoms with Gasteiger partial charge < -0.3 is 0 Å². The first-order chi connectivity index (χ1) is 7.07. The fourth-order valence-corrected chi connectivity index (χ4v) is 1.35. The summed E-state index contributed by atoms with van der Waals surface area (Å²) in [5, 5.41) is 0. The van der Waals surface area contributed by atoms with E-state index in [1.807, 2.05) is 0 Å². The van der Waals surface area contributed by atoms with Crippen LogP contribution in [0.3, 0.4) is 0 Å². The van der Waals surface area contributed by atoms with E-state index < -0.39 is 11.8 Å². The lowest BCUT2D eigenvalue weighted by molar-refractivity contribution is -0.124. The van der Waals surface area contributed by atoms with Crippen LogP contribution in [0.25, 0.3) is 0 Å². The average molecular weight is 205 g/mol. The highest BCUT2D eigenvalue weighted by Crippen LogP contribution is 2.18. The van der Waals surface area contributed by atoms with E-state index in [-0.39, 0.29) is 0 Å². The number of hydrogen-bond acceptors (Lipinski definition) is 3. The lowest BCUT2D eigenvalue weighted by Gasteiger charge is -2.18. The number of hydrogen-bond donors (Lipinski definition) is 0. The summed E-state index contributed by atoms with van der Waals surface area (Å²) < 4.78 is 0. The van der Waals surface area contributed by atoms with Crippen molar-refractivity contribution in [1.29, 1.82) is 0 Å². The normalized spacial score (nSPS) is 9.47. The zero-order valence-electron chi connectivity index (χ0n) is 8.56. The number of rotatable bonds is 2. The first-order valence-electron chi connectivity index (χ1n) is 4.43. The van der Waals surface area contributed by atoms with Crippen molar-refractivity contribution in [3.63, 3.8) is 0 Å². The van der Waals surface area contributed by atoms with Crippen LogP contribution in [-0.4, -0.2) is 18.1 Å². The van der Waals surface area contributed by atoms with Gasteiger partial charge in [-0.25, -0.2) is 0 Å². The number of amides is 2. The number of carbonyl (C=O) groups is 3. The third-order valence-corrected chi connectivity index (χ3v) is 1.93. The summed E-state index contributed by atoms with van der Waals surface area (Å²) in [4.78, 5) is 34.2. The number of nitrogens with zero attached hydrogens (tertiary/aromatic N) is 1. The monoisotopic (exact) mass is 205 g/mol. The molecule has 0 aromatic heterocycles. The number of benzene rings is 1. The van der Waals surface area contributed by atoms with Gasteiger partial charge in [0.15, 0.2) is 6.29 Å². The Kier molecular flexibility index (Phi) is 3.33. The van der Waals surface area contributed by atoms with Gasteiger partial charge in [-0.05, 0) is 12.1 Å². The Morgan fingerprint density at radius 1 is 1.13 bits per heavy atom. The Labute approximate surface area is 87.5 Å². The lowest BCUT2D eigenvalue weighted by atomic mass is 10.1. The summed E-state index contributed by atoms with van der Waals surface area (Å²) in [6.07, 6.45) is 0.619. The van der Waals surface area contributed by atoms with E-state index in [2.05, 4.69) is 0 Å². The second-order valence-electron chi connectivity index (χ2n) is 3.05. The topological polar surface area (TPSA) is 54.5 Å². The predicted molar refractivity (Wildman–Crippen MR) is 55.7 cm³/mol. The van der Waals surface area contributed by atoms with Gasteiger partial charge in [0.25, 0.3) is 0 Å². The molecule has 78 valence electrons. The smallest absolute Gasteiger partial charge is 0.230 e. The van der Waals surface area contributed by atoms with E-state index >= 15 is 0 Å². The summed E-state index contributed by atoms with van der Waals surface area (Å²) in [5.41, 5.74) is 0.649. The highest BCUT2D eigenvalue weighted by atomic mass is 16.2. The van der Waals surface area contributed by atoms with Crippen LogP contribution in [0.2, 0.25) is 0 Å². The second kappa shape index (κ2) is 4.50. The first-order valence-corrected chi connectivity index (χ1v) is 4.43. The van der Waals surface area contributed by atoms with Crippen molar-refractivity contribution in [3.8, 4) is 0 Å². The SMILES string of the molecule is CC(=O)N(C(C)=O)c1ccccc1C=O. The van der Waals surface area contributed by atoms with E-state index in [0.29, 0.717) is 17.5 Å². The van der Waals surface area contributed by atoms with E-state index in [9.17, 15) is 14.4 Å². The summed E-state index contributed by atoms with van der Waals surface area (Å²) in [6.45, 7) is 2.56. The van der Waals surface area contributed by atoms with Crippen molar-refractivity contribution in [2.24, 2.45) is 0 Å². The molecule has 0 aliphatic rings. The molecule has 1 aromatic rings. The molecule has 2 amide bonds. The second-order valence-corrected chi connectivity index (χ2v) is 3.05. The predicted octanol–water partition coefficient (Wildman–Crippen LogP) is 1.40. The largest absolute Gasteiger partial charge is 0.298 e. The quantitative estimate of drug-likeness (QED) is 0.686. The van der Waals surface area contributed by atoms with Crippen LogP contribution in [-0.2, 0) is 9.59 Å². The van der Waals surface area contributed by atoms with Gasteiger partial charge in [-0.3, -0.25) is 19.3 Å². The molecule has 4 nitrogen and oxygen atoms in total. The average Bonchev–Trinajstić information content (AvgIpc) is 2.17. The summed E-state index contributed by atoms with van der Waals surface area (Å²) >= 11 is 0. The van der Waals surface area contributed by atoms with E-state index in [1.54, 1.807) is 24.3 Å². The molecule has 4 heteroatoms. The minimum atomic E-state index is -0.406. The molecule has 0 aliphatic heterocycles. The van der Waals surface area contributed by atoms with Crippen molar-refractivity contribution in [2.45, 2.75) is 13.8 Å². The van der Waals surface area contributed by atoms with Crippen molar-refractivity contribution >= 4 is 23.8 Å². The van der Waals surface area contributed by atoms with Crippen molar-refractivity contribution in [2.75, 3.05) is 4.90 Å². The van der Waals surface area contributed by atoms with Gasteiger partial charge in [-0.2, -0.15) is 0 Å². The minimum Gasteiger partial charge on any atom is -0.298 e. The van der Waals surface area contributed by atoms with Crippen LogP contribution in [0, 0.1) is 0 Å². The van der Waals surface area contributed by atoms with Gasteiger partial charge in [-0.1, -0.05) is 12.1 Å². The molecule has 0 radical (unpaired) electrons. The fourth-order valence-electron chi connectivity index (χ4n) is 1.35. The Hall–Kier alpha value is -1.97. The number of aldehydes is 1. The van der Waals surface area contributed by atoms with Crippen LogP contribution in [0.1, 0.15) is 24.2 Å². The Balaban J connectivity index is 3.28. The lowest BCUT2D eigenvalue weighted by Crippen LogP contribution is -2.33. The van der Waals surface area contributed by atoms with Crippen LogP contribution in [0.4, 0.5) is 5.69 Å². The molecule has 0 aliphatic carbocycles. The van der Waals surface area contributed by atoms with E-state index in [4.69, 9.17) is 0 Å². The standard InChI is InChI=1S/C11H11NO3/c1-8(14)12(9(2)15)11-6-4-3-5-10(11)7-13/h3-7H,1-2H3. The zero-order valence-corrected chi connectivity index (χ0v) is 8.56. The molecule has 0 fully saturated rings. The molecule has 0 N–H and O–H groups in total. The number of anilines is 1. The molecule has 0 atom stereocenters. The molecule has 0 heterocycles. The van der Waals surface area contributed by atoms with Crippen molar-refractivity contribution in [3.05, 3.63) is 29.8 Å². The van der Waals surface area contributed by atoms with Gasteiger partial charge in [0.2, 0.25) is 11.8 Å². The Morgan fingerprint density at radius 2 is 1.67 bits per heavy atom. The molecule has 0 saturated heterocycles. The highest BCUT2D eigenvalue weighted by molar-refractivity contribution is 6.15. The van der Waals surface area contributed by atoms with Gasteiger partial charge in [-0.15, -0.1) is 0 Å². The minimum absolute atomic E-state index is 0.322. The molecular weight excluding hydrogens is 194 g/mol. The van der Waals surface area contributed by atoms with Gasteiger partial charge >= 0.3 is 0 Å². The maximum Gasteiger partial charge on any atom is 0.230 e. The molecule has 1 rings (SSSR count). The molecule has 0 saturated carbocycles. The maximum absolute atomic E-state index is 11.2. The molecule has 0 spiro atoms. The first kappa shape index (κ1) is 11.1. The highest BCUT2D eigenvalue weighted by Gasteiger charge is 2.18. The third-order valence-electron chi connectivity index (χ3n) is 1.93.